The summed E-state index contributed by atoms with van der Waals surface area (Å²) < 4.78 is 18.4. The lowest BCUT2D eigenvalue weighted by atomic mass is 9.95. The molecule has 0 aliphatic rings. The quantitative estimate of drug-likeness (QED) is 0.0140. The molecule has 9 N–H and O–H groups in total. The number of carboxylic acid groups (broad SMARTS) is 5. The number of ether oxygens (including phenoxy) is 1. The van der Waals surface area contributed by atoms with Crippen LogP contribution in [0.25, 0.3) is 21.9 Å². The third-order valence-electron chi connectivity index (χ3n) is 11.8. The van der Waals surface area contributed by atoms with Crippen molar-refractivity contribution >= 4 is 69.8 Å². The number of rotatable bonds is 21. The van der Waals surface area contributed by atoms with Crippen molar-refractivity contribution < 1.29 is 78.4 Å². The molecule has 8 aromatic rings. The average Bonchev–Trinajstić information content (AvgIpc) is 3.62. The summed E-state index contributed by atoms with van der Waals surface area (Å²) in [6.07, 6.45) is 9.10. The largest absolute Gasteiger partial charge is 0.508 e. The smallest absolute Gasteiger partial charge is 0.339 e. The van der Waals surface area contributed by atoms with E-state index in [9.17, 15) is 43.1 Å². The average molecular weight is 1150 g/mol. The number of carbonyl (C=O) groups excluding carboxylic acids is 2. The Labute approximate surface area is 482 Å². The van der Waals surface area contributed by atoms with E-state index in [1.165, 1.54) is 123 Å². The molecule has 0 aliphatic heterocycles. The lowest BCUT2D eigenvalue weighted by molar-refractivity contribution is -0.137. The number of Topliss-reactive ketones (excluding diaryl/α,β-unsaturated/α-hetero) is 1. The maximum atomic E-state index is 12.7. The van der Waals surface area contributed by atoms with Gasteiger partial charge in [-0.05, 0) is 150 Å². The number of benzene rings is 8. The summed E-state index contributed by atoms with van der Waals surface area (Å²) in [7, 11) is 0. The molecule has 0 heterocycles. The molecule has 1 amide bonds. The number of anilines is 1. The molecule has 8 aromatic carbocycles. The van der Waals surface area contributed by atoms with Crippen LogP contribution in [0.5, 0.6) is 17.2 Å². The van der Waals surface area contributed by atoms with Gasteiger partial charge in [-0.15, -0.1) is 11.8 Å². The fraction of sp³-hybridized carbons (Fsp3) is 0.172. The molecule has 0 bridgehead atoms. The highest BCUT2D eigenvalue weighted by Gasteiger charge is 2.16. The number of ketones is 1. The summed E-state index contributed by atoms with van der Waals surface area (Å²) in [5.41, 5.74) is 8.03. The second-order valence-corrected chi connectivity index (χ2v) is 18.7. The summed E-state index contributed by atoms with van der Waals surface area (Å²) in [6.45, 7) is 2.90. The highest BCUT2D eigenvalue weighted by molar-refractivity contribution is 7.98. The van der Waals surface area contributed by atoms with Crippen molar-refractivity contribution in [2.75, 3.05) is 18.3 Å². The second kappa shape index (κ2) is 34.9. The number of nitrogens with one attached hydrogen (secondary N) is 2. The molecule has 0 spiro atoms. The van der Waals surface area contributed by atoms with Crippen LogP contribution in [-0.2, 0) is 4.79 Å². The van der Waals surface area contributed by atoms with Gasteiger partial charge in [-0.2, -0.15) is 0 Å². The number of hydrogen-bond acceptors (Lipinski definition) is 12. The summed E-state index contributed by atoms with van der Waals surface area (Å²) in [6, 6.07) is 49.1. The zero-order valence-corrected chi connectivity index (χ0v) is 46.2. The topological polar surface area (TPSA) is 294 Å². The Morgan fingerprint density at radius 1 is 0.518 bits per heavy atom. The van der Waals surface area contributed by atoms with Gasteiger partial charge in [0.05, 0.1) is 41.0 Å². The highest BCUT2D eigenvalue weighted by atomic mass is 32.2. The standard InChI is InChI=1S/C18H26O4.C17H12O2.C14H11FN2O3.C8H8O3S.C7H6O3/c1-2-3-4-5-6-7-14-22-16-10-8-15(9-11-16)17(19)12-13-18(20)21;18-17(19)16-11-14-9-5-4-8-13(14)10-15(16)12-6-2-1-3-7-12;15-9-5-7-10(8-6-9)16-17-13(18)11-3-1-2-4-12(11)14(19)20;1-12-5-2-3-7(9)6(4-5)8(10)11;8-6-3-1-5(2-4-6)7(9)10/h8-11H,2-7,12-14H2,1H3,(H,20,21);1-11H,(H,18,19);1-8,16H,(H,17,18)(H,19,20);2-4,9H,1H3,(H,10,11);1-4,8H,(H,9,10). The molecular weight excluding hydrogens is 1090 g/mol. The number of aliphatic carboxylic acids is 1. The molecule has 83 heavy (non-hydrogen) atoms. The molecule has 0 saturated heterocycles. The van der Waals surface area contributed by atoms with Gasteiger partial charge in [0.1, 0.15) is 28.6 Å². The van der Waals surface area contributed by atoms with Gasteiger partial charge in [-0.25, -0.2) is 23.6 Å². The van der Waals surface area contributed by atoms with Crippen LogP contribution in [0.4, 0.5) is 10.1 Å². The number of hydrogen-bond donors (Lipinski definition) is 9. The van der Waals surface area contributed by atoms with Crippen LogP contribution in [-0.4, -0.2) is 90.1 Å². The number of halogens is 1. The van der Waals surface area contributed by atoms with Gasteiger partial charge in [-0.3, -0.25) is 25.2 Å². The minimum Gasteiger partial charge on any atom is -0.508 e. The van der Waals surface area contributed by atoms with Crippen LogP contribution in [0.3, 0.4) is 0 Å². The lowest BCUT2D eigenvalue weighted by Crippen LogP contribution is -2.30. The number of carbonyl (C=O) groups is 7. The molecule has 19 heteroatoms. The molecule has 432 valence electrons. The summed E-state index contributed by atoms with van der Waals surface area (Å²) >= 11 is 1.43. The van der Waals surface area contributed by atoms with Crippen LogP contribution in [0.1, 0.15) is 120 Å². The van der Waals surface area contributed by atoms with Gasteiger partial charge in [-0.1, -0.05) is 106 Å². The van der Waals surface area contributed by atoms with Crippen LogP contribution >= 0.6 is 11.8 Å². The van der Waals surface area contributed by atoms with E-state index in [1.807, 2.05) is 66.9 Å². The van der Waals surface area contributed by atoms with Crippen molar-refractivity contribution in [3.63, 3.8) is 0 Å². The van der Waals surface area contributed by atoms with E-state index in [1.54, 1.807) is 42.5 Å². The van der Waals surface area contributed by atoms with Crippen LogP contribution < -0.4 is 15.6 Å². The second-order valence-electron chi connectivity index (χ2n) is 17.9. The lowest BCUT2D eigenvalue weighted by Gasteiger charge is -2.10. The van der Waals surface area contributed by atoms with E-state index < -0.39 is 41.6 Å². The van der Waals surface area contributed by atoms with Crippen molar-refractivity contribution in [3.8, 4) is 28.4 Å². The molecule has 0 fully saturated rings. The maximum absolute atomic E-state index is 12.7. The Morgan fingerprint density at radius 2 is 1.07 bits per heavy atom. The monoisotopic (exact) mass is 1150 g/mol. The van der Waals surface area contributed by atoms with Gasteiger partial charge in [0.25, 0.3) is 5.91 Å². The number of phenolic OH excluding ortho intramolecular Hbond substituents is 1. The number of unbranched alkanes of at least 4 members (excludes halogenated alkanes) is 5. The van der Waals surface area contributed by atoms with E-state index in [-0.39, 0.29) is 52.4 Å². The number of aromatic carboxylic acids is 4. The molecule has 0 radical (unpaired) electrons. The molecule has 0 aromatic heterocycles. The Bertz CT molecular complexity index is 3410. The van der Waals surface area contributed by atoms with Crippen molar-refractivity contribution in [2.24, 2.45) is 0 Å². The molecule has 0 atom stereocenters. The minimum atomic E-state index is -1.18. The molecule has 17 nitrogen and oxygen atoms in total. The number of carboxylic acids is 5. The number of fused-ring (bicyclic) bond motifs is 1. The van der Waals surface area contributed by atoms with Gasteiger partial charge >= 0.3 is 29.8 Å². The van der Waals surface area contributed by atoms with Crippen molar-refractivity contribution in [1.82, 2.24) is 5.43 Å². The van der Waals surface area contributed by atoms with E-state index in [0.29, 0.717) is 23.4 Å². The van der Waals surface area contributed by atoms with Gasteiger partial charge in [0.2, 0.25) is 0 Å². The summed E-state index contributed by atoms with van der Waals surface area (Å²) in [5, 5.41) is 63.8. The normalized spacial score (nSPS) is 10.1. The number of amides is 1. The fourth-order valence-electron chi connectivity index (χ4n) is 7.46. The zero-order chi connectivity index (χ0) is 60.7. The van der Waals surface area contributed by atoms with Gasteiger partial charge < -0.3 is 40.5 Å². The first-order valence-corrected chi connectivity index (χ1v) is 27.1. The predicted octanol–water partition coefficient (Wildman–Crippen LogP) is 13.9. The van der Waals surface area contributed by atoms with E-state index in [0.717, 1.165) is 39.0 Å². The van der Waals surface area contributed by atoms with Crippen molar-refractivity contribution in [1.29, 1.82) is 0 Å². The Kier molecular flexibility index (Phi) is 27.5. The number of phenols is 2. The predicted molar refractivity (Wildman–Crippen MR) is 316 cm³/mol. The number of thioether (sulfide) groups is 1. The Hall–Kier alpha value is -10.0. The number of hydrazine groups is 1. The first-order chi connectivity index (χ1) is 39.8. The first kappa shape index (κ1) is 65.5. The minimum absolute atomic E-state index is 0.0350. The van der Waals surface area contributed by atoms with Gasteiger partial charge in [0, 0.05) is 16.9 Å². The molecule has 0 unspecified atom stereocenters. The molecule has 0 saturated carbocycles. The van der Waals surface area contributed by atoms with E-state index in [4.69, 9.17) is 35.4 Å². The van der Waals surface area contributed by atoms with Crippen molar-refractivity contribution in [2.45, 2.75) is 63.2 Å². The van der Waals surface area contributed by atoms with Gasteiger partial charge in [0.15, 0.2) is 5.78 Å². The Balaban J connectivity index is 0.000000228. The summed E-state index contributed by atoms with van der Waals surface area (Å²) in [4.78, 5) is 78.1. The van der Waals surface area contributed by atoms with Crippen molar-refractivity contribution in [3.05, 3.63) is 221 Å². The fourth-order valence-corrected chi connectivity index (χ4v) is 7.90. The number of aromatic hydroxyl groups is 2. The highest BCUT2D eigenvalue weighted by Crippen LogP contribution is 2.29. The van der Waals surface area contributed by atoms with Crippen LogP contribution in [0.15, 0.2) is 187 Å². The molecular formula is C64H63FN2O15S. The summed E-state index contributed by atoms with van der Waals surface area (Å²) in [5.74, 6) is -5.62. The zero-order valence-electron chi connectivity index (χ0n) is 45.4. The first-order valence-electron chi connectivity index (χ1n) is 25.9. The van der Waals surface area contributed by atoms with E-state index >= 15 is 0 Å². The maximum Gasteiger partial charge on any atom is 0.339 e. The third kappa shape index (κ3) is 22.9. The molecule has 0 aliphatic carbocycles. The molecule has 8 rings (SSSR count). The SMILES string of the molecule is CCCCCCCCOc1ccc(C(=O)CCC(=O)O)cc1.CSc1ccc(O)c(C(=O)O)c1.O=C(O)c1cc2ccccc2cc1-c1ccccc1.O=C(O)c1ccc(O)cc1.O=C(O)c1ccccc1C(=O)NNc1ccc(F)cc1. The Morgan fingerprint density at radius 3 is 1.65 bits per heavy atom. The van der Waals surface area contributed by atoms with Crippen LogP contribution in [0.2, 0.25) is 0 Å². The third-order valence-corrected chi connectivity index (χ3v) is 12.6. The van der Waals surface area contributed by atoms with Crippen LogP contribution in [0, 0.1) is 5.82 Å². The van der Waals surface area contributed by atoms with E-state index in [2.05, 4.69) is 17.8 Å².